The van der Waals surface area contributed by atoms with Gasteiger partial charge in [-0.2, -0.15) is 0 Å². The van der Waals surface area contributed by atoms with Gasteiger partial charge in [-0.3, -0.25) is 4.79 Å². The number of aromatic nitrogens is 1. The Balaban J connectivity index is 1.74. The molecular weight excluding hydrogens is 343 g/mol. The highest BCUT2D eigenvalue weighted by atomic mass is 19.1. The zero-order chi connectivity index (χ0) is 19.6. The van der Waals surface area contributed by atoms with Crippen LogP contribution >= 0.6 is 0 Å². The van der Waals surface area contributed by atoms with E-state index in [0.717, 1.165) is 17.1 Å². The number of methoxy groups -OCH3 is 1. The van der Waals surface area contributed by atoms with Gasteiger partial charge in [0.25, 0.3) is 5.91 Å². The molecule has 0 radical (unpaired) electrons. The smallest absolute Gasteiger partial charge is 0.253 e. The molecule has 0 atom stereocenters. The lowest BCUT2D eigenvalue weighted by Gasteiger charge is -2.18. The quantitative estimate of drug-likeness (QED) is 0.666. The van der Waals surface area contributed by atoms with Crippen LogP contribution in [0.5, 0.6) is 5.75 Å². The number of amides is 1. The van der Waals surface area contributed by atoms with Gasteiger partial charge in [0.05, 0.1) is 7.11 Å². The van der Waals surface area contributed by atoms with Gasteiger partial charge < -0.3 is 14.2 Å². The lowest BCUT2D eigenvalue weighted by atomic mass is 10.1. The monoisotopic (exact) mass is 366 g/mol. The summed E-state index contributed by atoms with van der Waals surface area (Å²) >= 11 is 0. The van der Waals surface area contributed by atoms with Crippen LogP contribution in [-0.4, -0.2) is 29.5 Å². The molecule has 27 heavy (non-hydrogen) atoms. The number of hydrogen-bond donors (Lipinski definition) is 0. The average Bonchev–Trinajstić information content (AvgIpc) is 3.00. The first-order chi connectivity index (χ1) is 12.9. The summed E-state index contributed by atoms with van der Waals surface area (Å²) in [5, 5.41) is 0. The van der Waals surface area contributed by atoms with E-state index in [9.17, 15) is 9.18 Å². The molecule has 0 unspecified atom stereocenters. The van der Waals surface area contributed by atoms with E-state index < -0.39 is 5.82 Å². The molecular formula is C22H23FN2O2. The topological polar surface area (TPSA) is 34.5 Å². The zero-order valence-electron chi connectivity index (χ0n) is 16.0. The largest absolute Gasteiger partial charge is 0.494 e. The van der Waals surface area contributed by atoms with Crippen molar-refractivity contribution in [2.75, 3.05) is 14.2 Å². The molecule has 3 rings (SSSR count). The predicted octanol–water partition coefficient (Wildman–Crippen LogP) is 4.51. The molecule has 1 amide bonds. The van der Waals surface area contributed by atoms with Gasteiger partial charge >= 0.3 is 0 Å². The van der Waals surface area contributed by atoms with Crippen molar-refractivity contribution < 1.29 is 13.9 Å². The van der Waals surface area contributed by atoms with E-state index >= 15 is 0 Å². The SMILES string of the molecule is COc1ccc(CN(C)C(=O)c2ccc(-n3c(C)ccc3C)cc2)cc1F. The molecule has 1 aromatic heterocycles. The van der Waals surface area contributed by atoms with Crippen molar-refractivity contribution in [2.24, 2.45) is 0 Å². The third-order valence-corrected chi connectivity index (χ3v) is 4.63. The van der Waals surface area contributed by atoms with E-state index in [4.69, 9.17) is 4.74 Å². The number of hydrogen-bond acceptors (Lipinski definition) is 2. The van der Waals surface area contributed by atoms with Crippen LogP contribution in [0.15, 0.2) is 54.6 Å². The van der Waals surface area contributed by atoms with E-state index in [1.165, 1.54) is 13.2 Å². The number of ether oxygens (including phenoxy) is 1. The van der Waals surface area contributed by atoms with Crippen molar-refractivity contribution in [3.63, 3.8) is 0 Å². The van der Waals surface area contributed by atoms with Gasteiger partial charge in [0.2, 0.25) is 0 Å². The van der Waals surface area contributed by atoms with Crippen LogP contribution in [0.1, 0.15) is 27.3 Å². The average molecular weight is 366 g/mol. The third kappa shape index (κ3) is 3.87. The molecule has 0 bridgehead atoms. The molecule has 1 heterocycles. The van der Waals surface area contributed by atoms with E-state index in [0.29, 0.717) is 17.7 Å². The number of nitrogens with zero attached hydrogens (tertiary/aromatic N) is 2. The third-order valence-electron chi connectivity index (χ3n) is 4.63. The summed E-state index contributed by atoms with van der Waals surface area (Å²) in [7, 11) is 3.13. The fraction of sp³-hybridized carbons (Fsp3) is 0.227. The van der Waals surface area contributed by atoms with Crippen LogP contribution in [0.25, 0.3) is 5.69 Å². The molecule has 5 heteroatoms. The molecule has 0 N–H and O–H groups in total. The molecule has 4 nitrogen and oxygen atoms in total. The number of carbonyl (C=O) groups is 1. The van der Waals surface area contributed by atoms with Crippen LogP contribution in [-0.2, 0) is 6.54 Å². The minimum Gasteiger partial charge on any atom is -0.494 e. The van der Waals surface area contributed by atoms with Gasteiger partial charge in [-0.15, -0.1) is 0 Å². The molecule has 0 saturated heterocycles. The van der Waals surface area contributed by atoms with Gasteiger partial charge in [-0.05, 0) is 67.9 Å². The second-order valence-electron chi connectivity index (χ2n) is 6.63. The summed E-state index contributed by atoms with van der Waals surface area (Å²) in [6.45, 7) is 4.42. The summed E-state index contributed by atoms with van der Waals surface area (Å²) in [6, 6.07) is 16.4. The summed E-state index contributed by atoms with van der Waals surface area (Å²) in [5.74, 6) is -0.352. The standard InChI is InChI=1S/C22H23FN2O2/c1-15-5-6-16(2)25(15)19-10-8-18(9-11-19)22(26)24(3)14-17-7-12-21(27-4)20(23)13-17/h5-13H,14H2,1-4H3. The first-order valence-electron chi connectivity index (χ1n) is 8.74. The van der Waals surface area contributed by atoms with Crippen LogP contribution < -0.4 is 4.74 Å². The Morgan fingerprint density at radius 2 is 1.67 bits per heavy atom. The van der Waals surface area contributed by atoms with Crippen LogP contribution in [0.2, 0.25) is 0 Å². The number of rotatable bonds is 5. The summed E-state index contributed by atoms with van der Waals surface area (Å²) < 4.78 is 20.9. The van der Waals surface area contributed by atoms with E-state index in [1.807, 2.05) is 38.1 Å². The Bertz CT molecular complexity index is 941. The number of halogens is 1. The predicted molar refractivity (Wildman–Crippen MR) is 104 cm³/mol. The molecule has 0 spiro atoms. The lowest BCUT2D eigenvalue weighted by Crippen LogP contribution is -2.26. The van der Waals surface area contributed by atoms with Crippen LogP contribution in [0, 0.1) is 19.7 Å². The minimum atomic E-state index is -0.433. The van der Waals surface area contributed by atoms with E-state index in [2.05, 4.69) is 16.7 Å². The second-order valence-corrected chi connectivity index (χ2v) is 6.63. The van der Waals surface area contributed by atoms with Gasteiger partial charge in [-0.1, -0.05) is 6.07 Å². The van der Waals surface area contributed by atoms with Crippen molar-refractivity contribution >= 4 is 5.91 Å². The Kier molecular flexibility index (Phi) is 5.31. The van der Waals surface area contributed by atoms with Crippen LogP contribution in [0.4, 0.5) is 4.39 Å². The maximum absolute atomic E-state index is 13.8. The molecule has 0 aliphatic carbocycles. The molecule has 140 valence electrons. The Morgan fingerprint density at radius 1 is 1.04 bits per heavy atom. The Labute approximate surface area is 158 Å². The van der Waals surface area contributed by atoms with Crippen LogP contribution in [0.3, 0.4) is 0 Å². The summed E-state index contributed by atoms with van der Waals surface area (Å²) in [5.41, 5.74) is 4.61. The zero-order valence-corrected chi connectivity index (χ0v) is 16.0. The van der Waals surface area contributed by atoms with Crippen molar-refractivity contribution in [2.45, 2.75) is 20.4 Å². The summed E-state index contributed by atoms with van der Waals surface area (Å²) in [6.07, 6.45) is 0. The lowest BCUT2D eigenvalue weighted by molar-refractivity contribution is 0.0785. The minimum absolute atomic E-state index is 0.112. The first kappa shape index (κ1) is 18.7. The number of benzene rings is 2. The highest BCUT2D eigenvalue weighted by Gasteiger charge is 2.14. The van der Waals surface area contributed by atoms with Gasteiger partial charge in [0.15, 0.2) is 11.6 Å². The highest BCUT2D eigenvalue weighted by Crippen LogP contribution is 2.20. The van der Waals surface area contributed by atoms with Crippen molar-refractivity contribution in [3.05, 3.63) is 82.9 Å². The fourth-order valence-corrected chi connectivity index (χ4v) is 3.20. The molecule has 3 aromatic rings. The van der Waals surface area contributed by atoms with Crippen molar-refractivity contribution in [1.29, 1.82) is 0 Å². The molecule has 0 aliphatic rings. The molecule has 0 saturated carbocycles. The fourth-order valence-electron chi connectivity index (χ4n) is 3.20. The molecule has 2 aromatic carbocycles. The van der Waals surface area contributed by atoms with Crippen molar-refractivity contribution in [1.82, 2.24) is 9.47 Å². The first-order valence-corrected chi connectivity index (χ1v) is 8.74. The number of aryl methyl sites for hydroxylation is 2. The van der Waals surface area contributed by atoms with Gasteiger partial charge in [-0.25, -0.2) is 4.39 Å². The molecule has 0 fully saturated rings. The Hall–Kier alpha value is -3.08. The maximum Gasteiger partial charge on any atom is 0.253 e. The Morgan fingerprint density at radius 3 is 2.22 bits per heavy atom. The highest BCUT2D eigenvalue weighted by molar-refractivity contribution is 5.94. The summed E-state index contributed by atoms with van der Waals surface area (Å²) in [4.78, 5) is 14.3. The van der Waals surface area contributed by atoms with Gasteiger partial charge in [0, 0.05) is 36.2 Å². The van der Waals surface area contributed by atoms with Gasteiger partial charge in [0.1, 0.15) is 0 Å². The molecule has 0 aliphatic heterocycles. The van der Waals surface area contributed by atoms with Crippen molar-refractivity contribution in [3.8, 4) is 11.4 Å². The number of carbonyl (C=O) groups excluding carboxylic acids is 1. The maximum atomic E-state index is 13.8. The van der Waals surface area contributed by atoms with E-state index in [-0.39, 0.29) is 11.7 Å². The normalized spacial score (nSPS) is 10.7. The second kappa shape index (κ2) is 7.66. The van der Waals surface area contributed by atoms with E-state index in [1.54, 1.807) is 24.1 Å².